The Morgan fingerprint density at radius 2 is 2.00 bits per heavy atom. The molecule has 1 N–H and O–H groups in total. The van der Waals surface area contributed by atoms with E-state index in [1.54, 1.807) is 17.2 Å². The lowest BCUT2D eigenvalue weighted by Crippen LogP contribution is -2.52. The van der Waals surface area contributed by atoms with Gasteiger partial charge in [0.2, 0.25) is 5.91 Å². The van der Waals surface area contributed by atoms with Gasteiger partial charge >= 0.3 is 0 Å². The Labute approximate surface area is 146 Å². The number of nitrogens with zero attached hydrogens (tertiary/aromatic N) is 4. The average molecular weight is 350 g/mol. The van der Waals surface area contributed by atoms with E-state index >= 15 is 0 Å². The molecule has 1 atom stereocenters. The molecule has 2 fully saturated rings. The fourth-order valence-electron chi connectivity index (χ4n) is 3.28. The molecule has 1 aromatic heterocycles. The van der Waals surface area contributed by atoms with Gasteiger partial charge in [0.15, 0.2) is 11.6 Å². The van der Waals surface area contributed by atoms with Crippen LogP contribution in [0.1, 0.15) is 19.3 Å². The molecule has 0 spiro atoms. The van der Waals surface area contributed by atoms with Crippen LogP contribution >= 0.6 is 0 Å². The molecule has 0 radical (unpaired) electrons. The number of aliphatic hydroxyl groups is 1. The molecule has 2 aliphatic rings. The van der Waals surface area contributed by atoms with Crippen molar-refractivity contribution in [3.8, 4) is 0 Å². The number of piperazine rings is 1. The van der Waals surface area contributed by atoms with Crippen molar-refractivity contribution in [3.05, 3.63) is 24.1 Å². The van der Waals surface area contributed by atoms with E-state index in [9.17, 15) is 19.1 Å². The van der Waals surface area contributed by atoms with Crippen molar-refractivity contribution in [3.63, 3.8) is 0 Å². The van der Waals surface area contributed by atoms with Gasteiger partial charge in [-0.15, -0.1) is 0 Å². The lowest BCUT2D eigenvalue weighted by atomic mass is 10.2. The van der Waals surface area contributed by atoms with E-state index in [1.807, 2.05) is 4.90 Å². The third-order valence-electron chi connectivity index (χ3n) is 4.75. The predicted octanol–water partition coefficient (Wildman–Crippen LogP) is 0.243. The number of carbonyl (C=O) groups is 2. The maximum Gasteiger partial charge on any atom is 0.251 e. The first-order valence-electron chi connectivity index (χ1n) is 8.66. The minimum Gasteiger partial charge on any atom is -0.383 e. The summed E-state index contributed by atoms with van der Waals surface area (Å²) in [7, 11) is 0. The molecule has 25 heavy (non-hydrogen) atoms. The van der Waals surface area contributed by atoms with E-state index in [-0.39, 0.29) is 24.2 Å². The average Bonchev–Trinajstić information content (AvgIpc) is 2.78. The van der Waals surface area contributed by atoms with E-state index < -0.39 is 6.10 Å². The molecule has 3 heterocycles. The molecule has 7 nitrogen and oxygen atoms in total. The van der Waals surface area contributed by atoms with E-state index in [0.717, 1.165) is 12.8 Å². The minimum atomic E-state index is -1.00. The molecule has 0 aromatic carbocycles. The zero-order chi connectivity index (χ0) is 17.8. The molecule has 8 heteroatoms. The van der Waals surface area contributed by atoms with E-state index in [0.29, 0.717) is 45.0 Å². The highest BCUT2D eigenvalue weighted by molar-refractivity contribution is 5.87. The zero-order valence-electron chi connectivity index (χ0n) is 14.1. The van der Waals surface area contributed by atoms with Gasteiger partial charge in [0.1, 0.15) is 6.10 Å². The number of anilines is 1. The van der Waals surface area contributed by atoms with Crippen LogP contribution in [0.5, 0.6) is 0 Å². The molecule has 2 aliphatic heterocycles. The summed E-state index contributed by atoms with van der Waals surface area (Å²) in [5.74, 6) is -0.560. The van der Waals surface area contributed by atoms with Crippen LogP contribution in [-0.4, -0.2) is 77.1 Å². The second-order valence-electron chi connectivity index (χ2n) is 6.45. The van der Waals surface area contributed by atoms with E-state index in [2.05, 4.69) is 4.98 Å². The zero-order valence-corrected chi connectivity index (χ0v) is 14.1. The Morgan fingerprint density at radius 1 is 1.24 bits per heavy atom. The van der Waals surface area contributed by atoms with E-state index in [4.69, 9.17) is 0 Å². The number of likely N-dealkylation sites (tertiary alicyclic amines) is 1. The fourth-order valence-corrected chi connectivity index (χ4v) is 3.28. The second-order valence-corrected chi connectivity index (χ2v) is 6.45. The van der Waals surface area contributed by atoms with Crippen molar-refractivity contribution in [1.82, 2.24) is 14.8 Å². The molecule has 1 aromatic rings. The van der Waals surface area contributed by atoms with E-state index in [1.165, 1.54) is 11.0 Å². The Balaban J connectivity index is 1.55. The highest BCUT2D eigenvalue weighted by Crippen LogP contribution is 2.18. The van der Waals surface area contributed by atoms with Crippen LogP contribution in [0.3, 0.4) is 0 Å². The van der Waals surface area contributed by atoms with Crippen LogP contribution in [0.2, 0.25) is 0 Å². The molecule has 1 unspecified atom stereocenters. The van der Waals surface area contributed by atoms with Crippen LogP contribution in [0, 0.1) is 5.82 Å². The summed E-state index contributed by atoms with van der Waals surface area (Å²) in [6.07, 6.45) is 2.58. The maximum absolute atomic E-state index is 13.8. The SMILES string of the molecule is O=C(CN1CCCCC(O)C1=O)N1CCN(c2ncccc2F)CC1. The first-order chi connectivity index (χ1) is 12.1. The van der Waals surface area contributed by atoms with Gasteiger partial charge in [0, 0.05) is 38.9 Å². The van der Waals surface area contributed by atoms with Crippen molar-refractivity contribution in [2.24, 2.45) is 0 Å². The standard InChI is InChI=1S/C17H23FN4O3/c18-13-4-3-6-19-16(13)21-10-8-20(9-11-21)15(24)12-22-7-2-1-5-14(23)17(22)25/h3-4,6,14,23H,1-2,5,7-12H2. The van der Waals surface area contributed by atoms with Crippen molar-refractivity contribution in [1.29, 1.82) is 0 Å². The lowest BCUT2D eigenvalue weighted by molar-refractivity contribution is -0.145. The smallest absolute Gasteiger partial charge is 0.251 e. The van der Waals surface area contributed by atoms with Crippen molar-refractivity contribution < 1.29 is 19.1 Å². The number of halogens is 1. The van der Waals surface area contributed by atoms with Gasteiger partial charge in [0.25, 0.3) is 5.91 Å². The number of pyridine rings is 1. The van der Waals surface area contributed by atoms with Crippen LogP contribution in [0.4, 0.5) is 10.2 Å². The molecule has 2 saturated heterocycles. The Kier molecular flexibility index (Phi) is 5.47. The molecule has 2 amide bonds. The maximum atomic E-state index is 13.8. The quantitative estimate of drug-likeness (QED) is 0.845. The molecule has 136 valence electrons. The summed E-state index contributed by atoms with van der Waals surface area (Å²) in [6.45, 7) is 2.40. The van der Waals surface area contributed by atoms with Crippen molar-refractivity contribution in [2.75, 3.05) is 44.2 Å². The van der Waals surface area contributed by atoms with Gasteiger partial charge in [-0.2, -0.15) is 0 Å². The fraction of sp³-hybridized carbons (Fsp3) is 0.588. The highest BCUT2D eigenvalue weighted by Gasteiger charge is 2.29. The normalized spacial score (nSPS) is 22.1. The number of aliphatic hydroxyl groups excluding tert-OH is 1. The number of amides is 2. The van der Waals surface area contributed by atoms with Crippen molar-refractivity contribution >= 4 is 17.6 Å². The first-order valence-corrected chi connectivity index (χ1v) is 8.66. The Hall–Kier alpha value is -2.22. The van der Waals surface area contributed by atoms with Crippen LogP contribution in [0.25, 0.3) is 0 Å². The third-order valence-corrected chi connectivity index (χ3v) is 4.75. The largest absolute Gasteiger partial charge is 0.383 e. The number of hydrogen-bond acceptors (Lipinski definition) is 5. The number of hydrogen-bond donors (Lipinski definition) is 1. The number of carbonyl (C=O) groups excluding carboxylic acids is 2. The molecule has 0 aliphatic carbocycles. The summed E-state index contributed by atoms with van der Waals surface area (Å²) >= 11 is 0. The van der Waals surface area contributed by atoms with Crippen LogP contribution in [-0.2, 0) is 9.59 Å². The number of aromatic nitrogens is 1. The van der Waals surface area contributed by atoms with Gasteiger partial charge < -0.3 is 19.8 Å². The summed E-state index contributed by atoms with van der Waals surface area (Å²) in [4.78, 5) is 33.6. The molecule has 0 bridgehead atoms. The van der Waals surface area contributed by atoms with Crippen LogP contribution in [0.15, 0.2) is 18.3 Å². The van der Waals surface area contributed by atoms with Gasteiger partial charge in [-0.05, 0) is 31.4 Å². The Morgan fingerprint density at radius 3 is 2.72 bits per heavy atom. The molecule has 3 rings (SSSR count). The summed E-state index contributed by atoms with van der Waals surface area (Å²) < 4.78 is 13.8. The second kappa shape index (κ2) is 7.77. The molecular formula is C17H23FN4O3. The lowest BCUT2D eigenvalue weighted by Gasteiger charge is -2.36. The Bertz CT molecular complexity index is 634. The van der Waals surface area contributed by atoms with Gasteiger partial charge in [0.05, 0.1) is 6.54 Å². The third kappa shape index (κ3) is 4.07. The van der Waals surface area contributed by atoms with Crippen molar-refractivity contribution in [2.45, 2.75) is 25.4 Å². The first kappa shape index (κ1) is 17.6. The predicted molar refractivity (Wildman–Crippen MR) is 89.4 cm³/mol. The molecular weight excluding hydrogens is 327 g/mol. The summed E-state index contributed by atoms with van der Waals surface area (Å²) in [5, 5.41) is 9.77. The highest BCUT2D eigenvalue weighted by atomic mass is 19.1. The van der Waals surface area contributed by atoms with Gasteiger partial charge in [-0.1, -0.05) is 0 Å². The van der Waals surface area contributed by atoms with Crippen LogP contribution < -0.4 is 4.90 Å². The number of rotatable bonds is 3. The topological polar surface area (TPSA) is 77.0 Å². The van der Waals surface area contributed by atoms with Gasteiger partial charge in [-0.25, -0.2) is 9.37 Å². The monoisotopic (exact) mass is 350 g/mol. The minimum absolute atomic E-state index is 0.00611. The summed E-state index contributed by atoms with van der Waals surface area (Å²) in [6, 6.07) is 2.92. The summed E-state index contributed by atoms with van der Waals surface area (Å²) in [5.41, 5.74) is 0. The van der Waals surface area contributed by atoms with Gasteiger partial charge in [-0.3, -0.25) is 9.59 Å². The molecule has 0 saturated carbocycles.